The highest BCUT2D eigenvalue weighted by atomic mass is 35.5. The summed E-state index contributed by atoms with van der Waals surface area (Å²) in [4.78, 5) is 11.3. The molecule has 0 spiro atoms. The van der Waals surface area contributed by atoms with E-state index >= 15 is 0 Å². The SMILES string of the molecule is COC(=O)COc1ccc(S(=O)(=O)N(Cc2ccc(OC)cc2OC)Cc2ccc(OC)cc2OC)cc1Cl. The third kappa shape index (κ3) is 7.25. The van der Waals surface area contributed by atoms with Crippen molar-refractivity contribution in [1.29, 1.82) is 0 Å². The summed E-state index contributed by atoms with van der Waals surface area (Å²) in [6.45, 7) is -0.450. The van der Waals surface area contributed by atoms with Crippen LogP contribution in [-0.4, -0.2) is 60.8 Å². The van der Waals surface area contributed by atoms with Gasteiger partial charge in [0, 0.05) is 36.3 Å². The van der Waals surface area contributed by atoms with Crippen LogP contribution < -0.4 is 23.7 Å². The summed E-state index contributed by atoms with van der Waals surface area (Å²) in [6, 6.07) is 14.3. The van der Waals surface area contributed by atoms with Crippen LogP contribution in [0.25, 0.3) is 0 Å². The molecule has 0 N–H and O–H groups in total. The second-order valence-electron chi connectivity index (χ2n) is 8.09. The van der Waals surface area contributed by atoms with Crippen LogP contribution in [0, 0.1) is 0 Å². The number of hydrogen-bond donors (Lipinski definition) is 0. The molecule has 0 radical (unpaired) electrons. The summed E-state index contributed by atoms with van der Waals surface area (Å²) in [6.07, 6.45) is 0. The van der Waals surface area contributed by atoms with Gasteiger partial charge in [-0.1, -0.05) is 23.7 Å². The molecule has 0 unspecified atom stereocenters. The molecular formula is C27H30ClNO9S. The first-order chi connectivity index (χ1) is 18.7. The highest BCUT2D eigenvalue weighted by Gasteiger charge is 2.28. The van der Waals surface area contributed by atoms with Crippen LogP contribution in [0.3, 0.4) is 0 Å². The molecule has 210 valence electrons. The molecular weight excluding hydrogens is 550 g/mol. The van der Waals surface area contributed by atoms with E-state index in [1.54, 1.807) is 36.4 Å². The Bertz CT molecular complexity index is 1350. The van der Waals surface area contributed by atoms with Gasteiger partial charge in [0.1, 0.15) is 28.7 Å². The third-order valence-corrected chi connectivity index (χ3v) is 7.88. The molecule has 0 saturated carbocycles. The normalized spacial score (nSPS) is 11.2. The highest BCUT2D eigenvalue weighted by molar-refractivity contribution is 7.89. The number of carbonyl (C=O) groups excluding carboxylic acids is 1. The van der Waals surface area contributed by atoms with E-state index in [1.165, 1.54) is 58.1 Å². The van der Waals surface area contributed by atoms with Crippen LogP contribution in [0.15, 0.2) is 59.5 Å². The lowest BCUT2D eigenvalue weighted by Gasteiger charge is -2.25. The van der Waals surface area contributed by atoms with Crippen LogP contribution >= 0.6 is 11.6 Å². The van der Waals surface area contributed by atoms with Gasteiger partial charge in [-0.15, -0.1) is 0 Å². The van der Waals surface area contributed by atoms with Crippen molar-refractivity contribution >= 4 is 27.6 Å². The summed E-state index contributed by atoms with van der Waals surface area (Å²) >= 11 is 6.32. The average Bonchev–Trinajstić information content (AvgIpc) is 2.95. The minimum absolute atomic E-state index is 0.0176. The van der Waals surface area contributed by atoms with E-state index in [1.807, 2.05) is 0 Å². The Hall–Kier alpha value is -3.67. The van der Waals surface area contributed by atoms with Crippen molar-refractivity contribution in [1.82, 2.24) is 4.31 Å². The van der Waals surface area contributed by atoms with Gasteiger partial charge in [-0.3, -0.25) is 0 Å². The number of rotatable bonds is 13. The Labute approximate surface area is 232 Å². The van der Waals surface area contributed by atoms with Crippen LogP contribution in [0.2, 0.25) is 5.02 Å². The molecule has 0 aliphatic carbocycles. The molecule has 0 bridgehead atoms. The van der Waals surface area contributed by atoms with Crippen molar-refractivity contribution in [2.45, 2.75) is 18.0 Å². The fourth-order valence-electron chi connectivity index (χ4n) is 3.67. The summed E-state index contributed by atoms with van der Waals surface area (Å²) in [7, 11) is 3.16. The van der Waals surface area contributed by atoms with Crippen molar-refractivity contribution in [3.63, 3.8) is 0 Å². The summed E-state index contributed by atoms with van der Waals surface area (Å²) in [5, 5.41) is 0.0176. The number of sulfonamides is 1. The number of ether oxygens (including phenoxy) is 6. The van der Waals surface area contributed by atoms with E-state index in [0.717, 1.165) is 0 Å². The number of carbonyl (C=O) groups is 1. The minimum atomic E-state index is -4.13. The first-order valence-corrected chi connectivity index (χ1v) is 13.4. The summed E-state index contributed by atoms with van der Waals surface area (Å²) in [5.74, 6) is 1.59. The predicted octanol–water partition coefficient (Wildman–Crippen LogP) is 4.32. The molecule has 0 aliphatic heterocycles. The lowest BCUT2D eigenvalue weighted by molar-refractivity contribution is -0.142. The first kappa shape index (κ1) is 29.9. The maximum Gasteiger partial charge on any atom is 0.343 e. The average molecular weight is 580 g/mol. The zero-order valence-electron chi connectivity index (χ0n) is 22.2. The molecule has 10 nitrogen and oxygen atoms in total. The van der Waals surface area contributed by atoms with Gasteiger partial charge in [-0.2, -0.15) is 4.31 Å². The molecule has 3 rings (SSSR count). The van der Waals surface area contributed by atoms with Gasteiger partial charge in [-0.05, 0) is 30.3 Å². The Balaban J connectivity index is 2.04. The topological polar surface area (TPSA) is 110 Å². The predicted molar refractivity (Wildman–Crippen MR) is 144 cm³/mol. The summed E-state index contributed by atoms with van der Waals surface area (Å²) < 4.78 is 60.7. The van der Waals surface area contributed by atoms with Gasteiger partial charge in [0.2, 0.25) is 10.0 Å². The molecule has 0 fully saturated rings. The zero-order valence-corrected chi connectivity index (χ0v) is 23.8. The molecule has 3 aromatic carbocycles. The van der Waals surface area contributed by atoms with E-state index in [9.17, 15) is 13.2 Å². The molecule has 12 heteroatoms. The Morgan fingerprint density at radius 3 is 1.72 bits per heavy atom. The van der Waals surface area contributed by atoms with Gasteiger partial charge >= 0.3 is 5.97 Å². The lowest BCUT2D eigenvalue weighted by atomic mass is 10.1. The Morgan fingerprint density at radius 1 is 0.744 bits per heavy atom. The fourth-order valence-corrected chi connectivity index (χ4v) is 5.40. The monoisotopic (exact) mass is 579 g/mol. The quantitative estimate of drug-likeness (QED) is 0.273. The zero-order chi connectivity index (χ0) is 28.6. The van der Waals surface area contributed by atoms with Crippen molar-refractivity contribution in [3.05, 3.63) is 70.7 Å². The van der Waals surface area contributed by atoms with Gasteiger partial charge in [0.25, 0.3) is 0 Å². The first-order valence-electron chi connectivity index (χ1n) is 11.6. The molecule has 39 heavy (non-hydrogen) atoms. The molecule has 0 aromatic heterocycles. The summed E-state index contributed by atoms with van der Waals surface area (Å²) in [5.41, 5.74) is 1.22. The number of esters is 1. The largest absolute Gasteiger partial charge is 0.497 e. The van der Waals surface area contributed by atoms with Crippen molar-refractivity contribution in [2.75, 3.05) is 42.2 Å². The molecule has 3 aromatic rings. The van der Waals surface area contributed by atoms with E-state index in [4.69, 9.17) is 35.3 Å². The van der Waals surface area contributed by atoms with Crippen molar-refractivity contribution < 1.29 is 41.6 Å². The maximum atomic E-state index is 14.0. The van der Waals surface area contributed by atoms with E-state index < -0.39 is 16.0 Å². The van der Waals surface area contributed by atoms with E-state index in [-0.39, 0.29) is 35.4 Å². The van der Waals surface area contributed by atoms with Crippen molar-refractivity contribution in [3.8, 4) is 28.7 Å². The van der Waals surface area contributed by atoms with Gasteiger partial charge < -0.3 is 28.4 Å². The van der Waals surface area contributed by atoms with Gasteiger partial charge in [-0.25, -0.2) is 13.2 Å². The Kier molecular flexibility index (Phi) is 10.3. The number of halogens is 1. The molecule has 0 heterocycles. The van der Waals surface area contributed by atoms with Crippen molar-refractivity contribution in [2.24, 2.45) is 0 Å². The third-order valence-electron chi connectivity index (χ3n) is 5.80. The van der Waals surface area contributed by atoms with Crippen LogP contribution in [-0.2, 0) is 32.6 Å². The molecule has 0 saturated heterocycles. The standard InChI is InChI=1S/C27H30ClNO9S/c1-33-20-8-6-18(25(12-20)35-3)15-29(16-19-7-9-21(34-2)13-26(19)36-4)39(31,32)22-10-11-24(23(28)14-22)38-17-27(30)37-5/h6-14H,15-17H2,1-5H3. The lowest BCUT2D eigenvalue weighted by Crippen LogP contribution is -2.30. The van der Waals surface area contributed by atoms with Gasteiger partial charge in [0.15, 0.2) is 6.61 Å². The highest BCUT2D eigenvalue weighted by Crippen LogP contribution is 2.34. The fraction of sp³-hybridized carbons (Fsp3) is 0.296. The van der Waals surface area contributed by atoms with Gasteiger partial charge in [0.05, 0.1) is 45.5 Å². The smallest absolute Gasteiger partial charge is 0.343 e. The second kappa shape index (κ2) is 13.4. The number of methoxy groups -OCH3 is 5. The molecule has 0 aliphatic rings. The van der Waals surface area contributed by atoms with Crippen LogP contribution in [0.5, 0.6) is 28.7 Å². The van der Waals surface area contributed by atoms with Crippen LogP contribution in [0.4, 0.5) is 0 Å². The van der Waals surface area contributed by atoms with Crippen LogP contribution in [0.1, 0.15) is 11.1 Å². The second-order valence-corrected chi connectivity index (χ2v) is 10.4. The molecule has 0 amide bonds. The molecule has 0 atom stereocenters. The van der Waals surface area contributed by atoms with E-state index in [2.05, 4.69) is 4.74 Å². The number of nitrogens with zero attached hydrogens (tertiary/aromatic N) is 1. The maximum absolute atomic E-state index is 14.0. The minimum Gasteiger partial charge on any atom is -0.497 e. The number of benzene rings is 3. The number of hydrogen-bond acceptors (Lipinski definition) is 9. The van der Waals surface area contributed by atoms with E-state index in [0.29, 0.717) is 34.1 Å². The Morgan fingerprint density at radius 2 is 1.28 bits per heavy atom.